The average Bonchev–Trinajstić information content (AvgIpc) is 3.06. The Labute approximate surface area is 205 Å². The van der Waals surface area contributed by atoms with Crippen LogP contribution in [0.1, 0.15) is 25.0 Å². The number of carbonyl (C=O) groups is 3. The number of methoxy groups -OCH3 is 1. The molecule has 2 aromatic carbocycles. The molecule has 0 bridgehead atoms. The number of carbonyl (C=O) groups excluding carboxylic acids is 3. The average molecular weight is 527 g/mol. The van der Waals surface area contributed by atoms with Crippen molar-refractivity contribution in [1.29, 1.82) is 0 Å². The van der Waals surface area contributed by atoms with Gasteiger partial charge in [0.25, 0.3) is 0 Å². The van der Waals surface area contributed by atoms with Crippen molar-refractivity contribution in [2.45, 2.75) is 19.3 Å². The number of hydrogen-bond donors (Lipinski definition) is 1. The highest BCUT2D eigenvalue weighted by molar-refractivity contribution is 9.10. The lowest BCUT2D eigenvalue weighted by atomic mass is 9.67. The molecular weight excluding hydrogens is 504 g/mol. The molecule has 0 aliphatic carbocycles. The molecule has 0 saturated heterocycles. The fourth-order valence-corrected chi connectivity index (χ4v) is 4.92. The molecule has 176 valence electrons. The van der Waals surface area contributed by atoms with Gasteiger partial charge in [-0.15, -0.1) is 0 Å². The first-order valence-corrected chi connectivity index (χ1v) is 11.5. The normalized spacial score (nSPS) is 19.3. The van der Waals surface area contributed by atoms with Crippen LogP contribution < -0.4 is 10.6 Å². The third-order valence-corrected chi connectivity index (χ3v) is 6.37. The van der Waals surface area contributed by atoms with Crippen molar-refractivity contribution in [2.75, 3.05) is 25.2 Å². The zero-order valence-corrected chi connectivity index (χ0v) is 20.5. The minimum absolute atomic E-state index is 0.0430. The summed E-state index contributed by atoms with van der Waals surface area (Å²) in [5, 5.41) is 0. The van der Waals surface area contributed by atoms with Crippen molar-refractivity contribution in [1.82, 2.24) is 0 Å². The number of nitrogens with two attached hydrogens (primary N) is 1. The van der Waals surface area contributed by atoms with Crippen molar-refractivity contribution < 1.29 is 28.6 Å². The second kappa shape index (κ2) is 8.98. The van der Waals surface area contributed by atoms with Gasteiger partial charge in [-0.05, 0) is 32.0 Å². The summed E-state index contributed by atoms with van der Waals surface area (Å²) in [6, 6.07) is 14.0. The lowest BCUT2D eigenvalue weighted by Gasteiger charge is -2.36. The Kier molecular flexibility index (Phi) is 6.22. The van der Waals surface area contributed by atoms with E-state index in [4.69, 9.17) is 19.9 Å². The number of nitrogens with zero attached hydrogens (tertiary/aromatic N) is 1. The van der Waals surface area contributed by atoms with Crippen molar-refractivity contribution >= 4 is 45.2 Å². The van der Waals surface area contributed by atoms with Gasteiger partial charge in [0.05, 0.1) is 13.7 Å². The van der Waals surface area contributed by atoms with Gasteiger partial charge in [-0.1, -0.05) is 46.3 Å². The molecule has 1 amide bonds. The topological polar surface area (TPSA) is 108 Å². The predicted octanol–water partition coefficient (Wildman–Crippen LogP) is 3.40. The van der Waals surface area contributed by atoms with E-state index < -0.39 is 23.3 Å². The van der Waals surface area contributed by atoms with Crippen LogP contribution in [0.5, 0.6) is 0 Å². The Bertz CT molecular complexity index is 1250. The quantitative estimate of drug-likeness (QED) is 0.594. The first-order valence-electron chi connectivity index (χ1n) is 10.7. The Hall–Kier alpha value is -3.59. The first kappa shape index (κ1) is 23.6. The molecule has 0 radical (unpaired) electrons. The van der Waals surface area contributed by atoms with E-state index in [0.717, 1.165) is 0 Å². The Morgan fingerprint density at radius 1 is 1.09 bits per heavy atom. The molecule has 2 aliphatic rings. The molecule has 2 N–H and O–H groups in total. The Morgan fingerprint density at radius 3 is 2.41 bits per heavy atom. The molecular formula is C25H23BrN2O6. The van der Waals surface area contributed by atoms with Gasteiger partial charge in [0.1, 0.15) is 22.3 Å². The number of anilines is 1. The molecule has 0 fully saturated rings. The van der Waals surface area contributed by atoms with Crippen LogP contribution in [0, 0.1) is 0 Å². The third kappa shape index (κ3) is 3.30. The van der Waals surface area contributed by atoms with Gasteiger partial charge in [0, 0.05) is 27.8 Å². The monoisotopic (exact) mass is 526 g/mol. The summed E-state index contributed by atoms with van der Waals surface area (Å²) in [5.74, 6) is -2.49. The number of ether oxygens (including phenoxy) is 3. The van der Waals surface area contributed by atoms with E-state index >= 15 is 0 Å². The van der Waals surface area contributed by atoms with Gasteiger partial charge in [-0.3, -0.25) is 4.79 Å². The maximum Gasteiger partial charge on any atom is 0.340 e. The molecule has 4 rings (SSSR count). The number of halogens is 1. The summed E-state index contributed by atoms with van der Waals surface area (Å²) in [6.45, 7) is 3.80. The molecule has 2 aromatic rings. The summed E-state index contributed by atoms with van der Waals surface area (Å²) in [5.41, 5.74) is 5.42. The molecule has 34 heavy (non-hydrogen) atoms. The summed E-state index contributed by atoms with van der Waals surface area (Å²) < 4.78 is 17.0. The second-order valence-electron chi connectivity index (χ2n) is 7.58. The van der Waals surface area contributed by atoms with Gasteiger partial charge in [-0.25, -0.2) is 9.59 Å². The molecule has 8 nitrogen and oxygen atoms in total. The number of likely N-dealkylation sites (N-methyl/N-ethyl adjacent to an activating group) is 1. The van der Waals surface area contributed by atoms with Gasteiger partial charge < -0.3 is 24.8 Å². The van der Waals surface area contributed by atoms with E-state index in [1.807, 2.05) is 0 Å². The van der Waals surface area contributed by atoms with Crippen molar-refractivity contribution in [3.05, 3.63) is 81.2 Å². The van der Waals surface area contributed by atoms with Crippen LogP contribution in [0.15, 0.2) is 70.0 Å². The van der Waals surface area contributed by atoms with E-state index in [-0.39, 0.29) is 29.4 Å². The van der Waals surface area contributed by atoms with Crippen molar-refractivity contribution in [3.63, 3.8) is 0 Å². The fraction of sp³-hybridized carbons (Fsp3) is 0.240. The maximum atomic E-state index is 14.3. The van der Waals surface area contributed by atoms with Crippen LogP contribution in [0.25, 0.3) is 5.76 Å². The number of benzene rings is 2. The van der Waals surface area contributed by atoms with Crippen LogP contribution in [0.3, 0.4) is 0 Å². The zero-order chi connectivity index (χ0) is 24.6. The molecule has 0 aromatic heterocycles. The number of fused-ring (bicyclic) bond motifs is 2. The number of rotatable bonds is 5. The van der Waals surface area contributed by atoms with Crippen LogP contribution in [0.4, 0.5) is 5.69 Å². The smallest absolute Gasteiger partial charge is 0.340 e. The predicted molar refractivity (Wildman–Crippen MR) is 128 cm³/mol. The molecule has 1 spiro atoms. The summed E-state index contributed by atoms with van der Waals surface area (Å²) in [6.07, 6.45) is 0. The second-order valence-corrected chi connectivity index (χ2v) is 8.50. The highest BCUT2D eigenvalue weighted by Crippen LogP contribution is 2.56. The fourth-order valence-electron chi connectivity index (χ4n) is 4.56. The maximum absolute atomic E-state index is 14.3. The van der Waals surface area contributed by atoms with Crippen molar-refractivity contribution in [2.24, 2.45) is 5.73 Å². The molecule has 1 unspecified atom stereocenters. The number of esters is 2. The van der Waals surface area contributed by atoms with E-state index in [2.05, 4.69) is 15.9 Å². The highest BCUT2D eigenvalue weighted by atomic mass is 79.9. The molecule has 9 heteroatoms. The minimum atomic E-state index is -1.93. The van der Waals surface area contributed by atoms with Crippen LogP contribution >= 0.6 is 15.9 Å². The van der Waals surface area contributed by atoms with E-state index in [0.29, 0.717) is 27.8 Å². The first-order chi connectivity index (χ1) is 16.3. The third-order valence-electron chi connectivity index (χ3n) is 5.88. The summed E-state index contributed by atoms with van der Waals surface area (Å²) >= 11 is 3.46. The zero-order valence-electron chi connectivity index (χ0n) is 18.9. The molecule has 1 atom stereocenters. The van der Waals surface area contributed by atoms with Crippen LogP contribution in [0.2, 0.25) is 0 Å². The highest BCUT2D eigenvalue weighted by Gasteiger charge is 2.64. The van der Waals surface area contributed by atoms with E-state index in [1.165, 1.54) is 12.0 Å². The lowest BCUT2D eigenvalue weighted by Crippen LogP contribution is -2.50. The molecule has 0 saturated carbocycles. The number of hydrogen-bond acceptors (Lipinski definition) is 7. The van der Waals surface area contributed by atoms with E-state index in [1.54, 1.807) is 62.4 Å². The summed E-state index contributed by atoms with van der Waals surface area (Å²) in [7, 11) is 1.18. The van der Waals surface area contributed by atoms with Gasteiger partial charge in [0.15, 0.2) is 0 Å². The SMILES string of the molecule is CCOC(=O)C1=C(c2ccccc2)OC(N)=C(C(=O)OC)C12C(=O)N(CC)c1ccc(Br)cc12. The van der Waals surface area contributed by atoms with Gasteiger partial charge in [0.2, 0.25) is 11.8 Å². The standard InChI is InChI=1S/C25H23BrN2O6/c1-4-28-17-12-11-15(26)13-16(17)25(24(28)31)18(23(30)33-5-2)20(14-9-7-6-8-10-14)34-21(27)19(25)22(29)32-3/h6-13H,4-5,27H2,1-3H3. The summed E-state index contributed by atoms with van der Waals surface area (Å²) in [4.78, 5) is 42.5. The van der Waals surface area contributed by atoms with E-state index in [9.17, 15) is 14.4 Å². The van der Waals surface area contributed by atoms with Crippen LogP contribution in [-0.2, 0) is 34.0 Å². The number of amides is 1. The minimum Gasteiger partial charge on any atom is -0.465 e. The van der Waals surface area contributed by atoms with Crippen LogP contribution in [-0.4, -0.2) is 38.1 Å². The largest absolute Gasteiger partial charge is 0.465 e. The Morgan fingerprint density at radius 2 is 1.79 bits per heavy atom. The molecule has 2 heterocycles. The van der Waals surface area contributed by atoms with Gasteiger partial charge >= 0.3 is 11.9 Å². The lowest BCUT2D eigenvalue weighted by molar-refractivity contribution is -0.142. The molecule has 2 aliphatic heterocycles. The van der Waals surface area contributed by atoms with Gasteiger partial charge in [-0.2, -0.15) is 0 Å². The Balaban J connectivity index is 2.21. The van der Waals surface area contributed by atoms with Crippen molar-refractivity contribution in [3.8, 4) is 0 Å².